The summed E-state index contributed by atoms with van der Waals surface area (Å²) in [6.45, 7) is 3.01. The third kappa shape index (κ3) is 5.74. The summed E-state index contributed by atoms with van der Waals surface area (Å²) in [5, 5.41) is 14.7. The molecular formula is C19H19NO6S2. The largest absolute Gasteiger partial charge is 0.378 e. The van der Waals surface area contributed by atoms with Gasteiger partial charge < -0.3 is 5.11 Å². The summed E-state index contributed by atoms with van der Waals surface area (Å²) < 4.78 is 48.5. The number of nitrogens with two attached hydrogens (primary N) is 1. The molecule has 28 heavy (non-hydrogen) atoms. The summed E-state index contributed by atoms with van der Waals surface area (Å²) in [6.07, 6.45) is 0. The number of hydrogen-bond acceptors (Lipinski definition) is 6. The van der Waals surface area contributed by atoms with Gasteiger partial charge in [-0.2, -0.15) is 0 Å². The average Bonchev–Trinajstić information content (AvgIpc) is 2.58. The van der Waals surface area contributed by atoms with E-state index in [1.165, 1.54) is 44.2 Å². The van der Waals surface area contributed by atoms with Crippen molar-refractivity contribution in [3.63, 3.8) is 0 Å². The Morgan fingerprint density at radius 2 is 1.64 bits per heavy atom. The number of sulfone groups is 1. The molecule has 9 heteroatoms. The zero-order valence-corrected chi connectivity index (χ0v) is 16.8. The van der Waals surface area contributed by atoms with Gasteiger partial charge in [0, 0.05) is 11.1 Å². The summed E-state index contributed by atoms with van der Waals surface area (Å²) in [6, 6.07) is 10.8. The number of sulfonamides is 1. The summed E-state index contributed by atoms with van der Waals surface area (Å²) >= 11 is 0. The normalized spacial score (nSPS) is 12.1. The van der Waals surface area contributed by atoms with Gasteiger partial charge in [-0.1, -0.05) is 36.1 Å². The van der Waals surface area contributed by atoms with Gasteiger partial charge in [0.15, 0.2) is 15.6 Å². The molecule has 0 saturated heterocycles. The van der Waals surface area contributed by atoms with Gasteiger partial charge in [-0.25, -0.2) is 22.0 Å². The van der Waals surface area contributed by atoms with Crippen LogP contribution in [0.2, 0.25) is 0 Å². The number of carbonyl (C=O) groups excluding carboxylic acids is 1. The molecule has 7 nitrogen and oxygen atoms in total. The minimum absolute atomic E-state index is 0.0965. The number of carbonyl (C=O) groups is 1. The van der Waals surface area contributed by atoms with Crippen molar-refractivity contribution in [1.29, 1.82) is 0 Å². The van der Waals surface area contributed by atoms with Crippen LogP contribution in [0.5, 0.6) is 0 Å². The molecule has 0 saturated carbocycles. The standard InChI is InChI=1S/C19H19NO6S2/c1-19(2,22)11-10-14-6-5-7-15(12-14)16(21)13-27(23,24)17-8-3-4-9-18(17)28(20,25)26/h3-9,12,22H,13H2,1-2H3,(H2,20,25,26). The van der Waals surface area contributed by atoms with Gasteiger partial charge >= 0.3 is 0 Å². The number of hydrogen-bond donors (Lipinski definition) is 2. The van der Waals surface area contributed by atoms with Crippen molar-refractivity contribution >= 4 is 25.6 Å². The first kappa shape index (κ1) is 21.8. The van der Waals surface area contributed by atoms with Crippen LogP contribution in [0.1, 0.15) is 29.8 Å². The fraction of sp³-hybridized carbons (Fsp3) is 0.211. The topological polar surface area (TPSA) is 132 Å². The second-order valence-corrected chi connectivity index (χ2v) is 10.1. The Balaban J connectivity index is 2.37. The molecule has 0 heterocycles. The molecule has 3 N–H and O–H groups in total. The maximum absolute atomic E-state index is 12.6. The summed E-state index contributed by atoms with van der Waals surface area (Å²) in [4.78, 5) is 11.4. The van der Waals surface area contributed by atoms with Crippen LogP contribution in [0.15, 0.2) is 58.3 Å². The van der Waals surface area contributed by atoms with Crippen LogP contribution in [0, 0.1) is 11.8 Å². The Kier molecular flexibility index (Phi) is 6.11. The van der Waals surface area contributed by atoms with Crippen molar-refractivity contribution in [1.82, 2.24) is 0 Å². The first-order valence-electron chi connectivity index (χ1n) is 8.03. The van der Waals surface area contributed by atoms with Crippen molar-refractivity contribution in [3.8, 4) is 11.8 Å². The monoisotopic (exact) mass is 421 g/mol. The Bertz CT molecular complexity index is 1180. The van der Waals surface area contributed by atoms with Gasteiger partial charge in [-0.15, -0.1) is 0 Å². The van der Waals surface area contributed by atoms with Crippen molar-refractivity contribution < 1.29 is 26.7 Å². The molecule has 0 radical (unpaired) electrons. The van der Waals surface area contributed by atoms with E-state index in [1.54, 1.807) is 6.07 Å². The lowest BCUT2D eigenvalue weighted by atomic mass is 10.1. The van der Waals surface area contributed by atoms with Gasteiger partial charge in [-0.3, -0.25) is 4.79 Å². The third-order valence-electron chi connectivity index (χ3n) is 3.51. The Morgan fingerprint density at radius 3 is 2.21 bits per heavy atom. The number of primary sulfonamides is 1. The van der Waals surface area contributed by atoms with Crippen molar-refractivity contribution in [3.05, 3.63) is 59.7 Å². The smallest absolute Gasteiger partial charge is 0.239 e. The fourth-order valence-corrected chi connectivity index (χ4v) is 4.95. The first-order chi connectivity index (χ1) is 12.8. The van der Waals surface area contributed by atoms with Gasteiger partial charge in [-0.05, 0) is 38.1 Å². The Hall–Kier alpha value is -2.51. The van der Waals surface area contributed by atoms with Crippen LogP contribution in [0.25, 0.3) is 0 Å². The quantitative estimate of drug-likeness (QED) is 0.549. The van der Waals surface area contributed by atoms with Crippen LogP contribution in [-0.2, 0) is 19.9 Å². The third-order valence-corrected chi connectivity index (χ3v) is 6.28. The van der Waals surface area contributed by atoms with E-state index >= 15 is 0 Å². The number of aliphatic hydroxyl groups is 1. The van der Waals surface area contributed by atoms with Gasteiger partial charge in [0.1, 0.15) is 16.2 Å². The van der Waals surface area contributed by atoms with E-state index in [2.05, 4.69) is 11.8 Å². The molecule has 0 amide bonds. The van der Waals surface area contributed by atoms with Crippen molar-refractivity contribution in [2.45, 2.75) is 29.2 Å². The highest BCUT2D eigenvalue weighted by atomic mass is 32.2. The second-order valence-electron chi connectivity index (χ2n) is 6.56. The van der Waals surface area contributed by atoms with Gasteiger partial charge in [0.25, 0.3) is 0 Å². The van der Waals surface area contributed by atoms with E-state index in [-0.39, 0.29) is 5.56 Å². The number of ketones is 1. The Morgan fingerprint density at radius 1 is 1.04 bits per heavy atom. The first-order valence-corrected chi connectivity index (χ1v) is 11.2. The van der Waals surface area contributed by atoms with E-state index in [0.29, 0.717) is 5.56 Å². The van der Waals surface area contributed by atoms with E-state index in [1.807, 2.05) is 0 Å². The number of rotatable bonds is 5. The summed E-state index contributed by atoms with van der Waals surface area (Å²) in [5.41, 5.74) is -0.699. The van der Waals surface area contributed by atoms with Crippen molar-refractivity contribution in [2.75, 3.05) is 5.75 Å². The molecule has 2 aromatic carbocycles. The molecule has 2 rings (SSSR count). The number of benzene rings is 2. The average molecular weight is 421 g/mol. The fourth-order valence-electron chi connectivity index (χ4n) is 2.27. The number of Topliss-reactive ketones (excluding diaryl/α,β-unsaturated/α-hetero) is 1. The Labute approximate surface area is 164 Å². The lowest BCUT2D eigenvalue weighted by Crippen LogP contribution is -2.21. The highest BCUT2D eigenvalue weighted by Crippen LogP contribution is 2.21. The molecule has 0 aliphatic carbocycles. The highest BCUT2D eigenvalue weighted by molar-refractivity contribution is 7.94. The predicted octanol–water partition coefficient (Wildman–Crippen LogP) is 1.11. The lowest BCUT2D eigenvalue weighted by molar-refractivity contribution is 0.102. The molecule has 0 aliphatic rings. The summed E-state index contributed by atoms with van der Waals surface area (Å²) in [7, 11) is -8.53. The molecule has 0 atom stereocenters. The van der Waals surface area contributed by atoms with Crippen LogP contribution < -0.4 is 5.14 Å². The lowest BCUT2D eigenvalue weighted by Gasteiger charge is -2.09. The predicted molar refractivity (Wildman–Crippen MR) is 104 cm³/mol. The molecule has 0 aliphatic heterocycles. The van der Waals surface area contributed by atoms with E-state index in [9.17, 15) is 26.7 Å². The highest BCUT2D eigenvalue weighted by Gasteiger charge is 2.27. The zero-order valence-electron chi connectivity index (χ0n) is 15.2. The van der Waals surface area contributed by atoms with E-state index in [0.717, 1.165) is 12.1 Å². The molecule has 0 bridgehead atoms. The van der Waals surface area contributed by atoms with Gasteiger partial charge in [0.05, 0.1) is 4.90 Å². The second kappa shape index (κ2) is 7.85. The minimum atomic E-state index is -4.28. The van der Waals surface area contributed by atoms with E-state index < -0.39 is 46.8 Å². The molecule has 0 fully saturated rings. The minimum Gasteiger partial charge on any atom is -0.378 e. The molecule has 0 spiro atoms. The maximum atomic E-state index is 12.6. The van der Waals surface area contributed by atoms with Crippen LogP contribution in [0.3, 0.4) is 0 Å². The van der Waals surface area contributed by atoms with Gasteiger partial charge in [0.2, 0.25) is 10.0 Å². The van der Waals surface area contributed by atoms with Crippen LogP contribution in [0.4, 0.5) is 0 Å². The summed E-state index contributed by atoms with van der Waals surface area (Å²) in [5.74, 6) is 3.65. The molecule has 0 unspecified atom stereocenters. The molecule has 2 aromatic rings. The zero-order chi connectivity index (χ0) is 21.2. The van der Waals surface area contributed by atoms with E-state index in [4.69, 9.17) is 5.14 Å². The maximum Gasteiger partial charge on any atom is 0.239 e. The van der Waals surface area contributed by atoms with Crippen LogP contribution in [-0.4, -0.2) is 39.1 Å². The SMILES string of the molecule is CC(C)(O)C#Cc1cccc(C(=O)CS(=O)(=O)c2ccccc2S(N)(=O)=O)c1. The molecule has 148 valence electrons. The molecular weight excluding hydrogens is 402 g/mol. The van der Waals surface area contributed by atoms with Crippen LogP contribution >= 0.6 is 0 Å². The van der Waals surface area contributed by atoms with Crippen molar-refractivity contribution in [2.24, 2.45) is 5.14 Å². The molecule has 0 aromatic heterocycles.